The maximum atomic E-state index is 14.0. The zero-order valence-corrected chi connectivity index (χ0v) is 19.8. The number of aldehydes is 2. The Bertz CT molecular complexity index is 944. The number of primary amides is 1. The molecule has 11 heteroatoms. The van der Waals surface area contributed by atoms with Crippen LogP contribution in [-0.4, -0.2) is 66.2 Å². The molecule has 1 aromatic rings. The molecule has 0 saturated heterocycles. The molecule has 4 unspecified atom stereocenters. The molecule has 0 aliphatic heterocycles. The monoisotopic (exact) mass is 493 g/mol. The molecule has 1 aromatic carbocycles. The van der Waals surface area contributed by atoms with Gasteiger partial charge in [-0.05, 0) is 44.9 Å². The quantitative estimate of drug-likeness (QED) is 0.192. The predicted molar refractivity (Wildman–Crippen MR) is 124 cm³/mol. The number of hydrogen-bond donors (Lipinski definition) is 5. The van der Waals surface area contributed by atoms with Crippen LogP contribution in [0.25, 0.3) is 0 Å². The largest absolute Gasteiger partial charge is 0.481 e. The zero-order chi connectivity index (χ0) is 26.1. The summed E-state index contributed by atoms with van der Waals surface area (Å²) in [5, 5.41) is 16.2. The van der Waals surface area contributed by atoms with Crippen LogP contribution in [-0.2, 0) is 19.2 Å². The van der Waals surface area contributed by atoms with Crippen LogP contribution < -0.4 is 21.7 Å². The van der Waals surface area contributed by atoms with Crippen LogP contribution in [0.5, 0.6) is 0 Å². The van der Waals surface area contributed by atoms with Gasteiger partial charge in [-0.3, -0.25) is 20.2 Å². The number of carbonyl (C=O) groups is 5. The van der Waals surface area contributed by atoms with E-state index in [-0.39, 0.29) is 36.9 Å². The molecule has 1 aliphatic rings. The average molecular weight is 494 g/mol. The molecule has 7 N–H and O–H groups in total. The third kappa shape index (κ3) is 7.74. The van der Waals surface area contributed by atoms with Crippen molar-refractivity contribution >= 4 is 30.4 Å². The molecule has 0 aromatic heterocycles. The zero-order valence-electron chi connectivity index (χ0n) is 19.8. The lowest BCUT2D eigenvalue weighted by atomic mass is 9.96. The second kappa shape index (κ2) is 12.6. The highest BCUT2D eigenvalue weighted by Gasteiger charge is 2.63. The summed E-state index contributed by atoms with van der Waals surface area (Å²) in [6.07, 6.45) is 2.62. The smallest absolute Gasteiger partial charge is 0.319 e. The number of nitrogens with two attached hydrogens (primary N) is 2. The van der Waals surface area contributed by atoms with Crippen molar-refractivity contribution in [3.05, 3.63) is 35.6 Å². The van der Waals surface area contributed by atoms with Crippen LogP contribution in [0, 0.1) is 11.2 Å². The number of nitrogens with one attached hydrogen (secondary N) is 2. The molecular weight excluding hydrogens is 459 g/mol. The van der Waals surface area contributed by atoms with E-state index in [2.05, 4.69) is 10.6 Å². The summed E-state index contributed by atoms with van der Waals surface area (Å²) in [5.41, 5.74) is 3.22. The van der Waals surface area contributed by atoms with E-state index >= 15 is 0 Å². The summed E-state index contributed by atoms with van der Waals surface area (Å²) in [5.74, 6) is -2.70. The fourth-order valence-electron chi connectivity index (χ4n) is 4.19. The number of carboxylic acids is 1. The van der Waals surface area contributed by atoms with E-state index < -0.39 is 41.1 Å². The van der Waals surface area contributed by atoms with Gasteiger partial charge in [-0.15, -0.1) is 0 Å². The Morgan fingerprint density at radius 2 is 2.06 bits per heavy atom. The predicted octanol–water partition coefficient (Wildman–Crippen LogP) is -0.487. The van der Waals surface area contributed by atoms with Crippen molar-refractivity contribution in [3.8, 4) is 0 Å². The van der Waals surface area contributed by atoms with Crippen LogP contribution in [0.3, 0.4) is 0 Å². The Kier molecular flexibility index (Phi) is 10.2. The number of halogens is 1. The average Bonchev–Trinajstić information content (AvgIpc) is 3.52. The SMILES string of the molecule is CC(C=O)(CC(=O)O)NCC(CCCN)[NH2+]C(=O)C1(CCC=O)CC1NC(=O)c1ccccc1F. The lowest BCUT2D eigenvalue weighted by Gasteiger charge is -2.26. The Morgan fingerprint density at radius 1 is 1.34 bits per heavy atom. The molecule has 2 amide bonds. The van der Waals surface area contributed by atoms with E-state index in [0.717, 1.165) is 0 Å². The van der Waals surface area contributed by atoms with E-state index in [4.69, 9.17) is 10.8 Å². The van der Waals surface area contributed by atoms with Crippen LogP contribution in [0.2, 0.25) is 0 Å². The fourth-order valence-corrected chi connectivity index (χ4v) is 4.19. The van der Waals surface area contributed by atoms with Gasteiger partial charge in [0.1, 0.15) is 29.8 Å². The van der Waals surface area contributed by atoms with E-state index in [1.54, 1.807) is 0 Å². The molecule has 0 bridgehead atoms. The van der Waals surface area contributed by atoms with Crippen LogP contribution in [0.15, 0.2) is 24.3 Å². The van der Waals surface area contributed by atoms with E-state index in [9.17, 15) is 28.4 Å². The minimum Gasteiger partial charge on any atom is -0.481 e. The summed E-state index contributed by atoms with van der Waals surface area (Å²) in [6.45, 7) is 2.02. The number of aliphatic carboxylic acids is 1. The molecular formula is C24H34FN4O6+. The number of benzene rings is 1. The highest BCUT2D eigenvalue weighted by Crippen LogP contribution is 2.49. The van der Waals surface area contributed by atoms with Gasteiger partial charge in [0.05, 0.1) is 17.5 Å². The van der Waals surface area contributed by atoms with Gasteiger partial charge in [-0.1, -0.05) is 12.1 Å². The second-order valence-corrected chi connectivity index (χ2v) is 9.28. The van der Waals surface area contributed by atoms with Crippen molar-refractivity contribution in [1.29, 1.82) is 0 Å². The van der Waals surface area contributed by atoms with Gasteiger partial charge in [0, 0.05) is 25.4 Å². The van der Waals surface area contributed by atoms with Gasteiger partial charge in [0.2, 0.25) is 0 Å². The molecule has 1 aliphatic carbocycles. The molecule has 1 saturated carbocycles. The van der Waals surface area contributed by atoms with Gasteiger partial charge < -0.3 is 25.7 Å². The standard InChI is InChI=1S/C24H33FN4O6/c1-23(15-31,13-20(32)33)27-14-16(6-4-10-26)28-22(35)24(9-5-11-30)12-19(24)29-21(34)17-7-2-3-8-18(17)25/h2-3,7-8,11,15-16,19,27H,4-6,9-10,12-14,26H2,1H3,(H,28,35)(H,29,34)(H,32,33)/p+1. The number of quaternary nitrogens is 1. The molecule has 0 spiro atoms. The van der Waals surface area contributed by atoms with Crippen molar-refractivity contribution in [2.24, 2.45) is 11.1 Å². The molecule has 35 heavy (non-hydrogen) atoms. The summed E-state index contributed by atoms with van der Waals surface area (Å²) in [6, 6.07) is 4.63. The summed E-state index contributed by atoms with van der Waals surface area (Å²) in [7, 11) is 0. The van der Waals surface area contributed by atoms with Gasteiger partial charge in [-0.2, -0.15) is 0 Å². The van der Waals surface area contributed by atoms with Crippen LogP contribution in [0.1, 0.15) is 55.8 Å². The third-order valence-electron chi connectivity index (χ3n) is 6.41. The minimum atomic E-state index is -1.30. The maximum absolute atomic E-state index is 14.0. The molecule has 0 heterocycles. The highest BCUT2D eigenvalue weighted by atomic mass is 19.1. The summed E-state index contributed by atoms with van der Waals surface area (Å²) in [4.78, 5) is 59.5. The maximum Gasteiger partial charge on any atom is 0.319 e. The van der Waals surface area contributed by atoms with Gasteiger partial charge >= 0.3 is 11.9 Å². The van der Waals surface area contributed by atoms with Crippen LogP contribution in [0.4, 0.5) is 4.39 Å². The molecule has 4 atom stereocenters. The summed E-state index contributed by atoms with van der Waals surface area (Å²) < 4.78 is 14.0. The van der Waals surface area contributed by atoms with Crippen molar-refractivity contribution < 1.29 is 38.8 Å². The lowest BCUT2D eigenvalue weighted by Crippen LogP contribution is -2.96. The lowest BCUT2D eigenvalue weighted by molar-refractivity contribution is -0.609. The number of amides is 2. The first-order chi connectivity index (χ1) is 16.6. The third-order valence-corrected chi connectivity index (χ3v) is 6.41. The van der Waals surface area contributed by atoms with Gasteiger partial charge in [-0.25, -0.2) is 9.18 Å². The Morgan fingerprint density at radius 3 is 2.66 bits per heavy atom. The minimum absolute atomic E-state index is 0.124. The second-order valence-electron chi connectivity index (χ2n) is 9.28. The molecule has 1 fully saturated rings. The number of rotatable bonds is 16. The first kappa shape index (κ1) is 28.2. The van der Waals surface area contributed by atoms with Crippen molar-refractivity contribution in [1.82, 2.24) is 10.6 Å². The number of carbonyl (C=O) groups excluding carboxylic acids is 4. The van der Waals surface area contributed by atoms with E-state index in [0.29, 0.717) is 38.4 Å². The Balaban J connectivity index is 2.11. The molecule has 0 radical (unpaired) electrons. The van der Waals surface area contributed by atoms with Gasteiger partial charge in [0.15, 0.2) is 0 Å². The Labute approximate surface area is 203 Å². The van der Waals surface area contributed by atoms with Gasteiger partial charge in [0.25, 0.3) is 5.91 Å². The normalized spacial score (nSPS) is 21.4. The highest BCUT2D eigenvalue weighted by molar-refractivity contribution is 5.95. The Hall–Kier alpha value is -3.02. The van der Waals surface area contributed by atoms with Crippen molar-refractivity contribution in [2.45, 2.75) is 63.1 Å². The summed E-state index contributed by atoms with van der Waals surface area (Å²) >= 11 is 0. The fraction of sp³-hybridized carbons (Fsp3) is 0.542. The molecule has 2 rings (SSSR count). The van der Waals surface area contributed by atoms with Crippen LogP contribution >= 0.6 is 0 Å². The molecule has 192 valence electrons. The van der Waals surface area contributed by atoms with E-state index in [1.165, 1.54) is 36.5 Å². The van der Waals surface area contributed by atoms with Crippen molar-refractivity contribution in [2.75, 3.05) is 13.1 Å². The first-order valence-electron chi connectivity index (χ1n) is 11.6. The molecule has 10 nitrogen and oxygen atoms in total. The first-order valence-corrected chi connectivity index (χ1v) is 11.6. The number of hydrogen-bond acceptors (Lipinski definition) is 7. The van der Waals surface area contributed by atoms with E-state index in [1.807, 2.05) is 0 Å². The van der Waals surface area contributed by atoms with Crippen molar-refractivity contribution in [3.63, 3.8) is 0 Å². The number of carboxylic acid groups (broad SMARTS) is 1. The topological polar surface area (TPSA) is 172 Å².